The number of rotatable bonds is 4. The SMILES string of the molecule is CCCCC(C)(C)c1cccc(C#N)c1. The molecule has 1 aromatic carbocycles. The van der Waals surface area contributed by atoms with E-state index in [2.05, 4.69) is 32.9 Å². The Morgan fingerprint density at radius 2 is 2.07 bits per heavy atom. The molecule has 0 amide bonds. The summed E-state index contributed by atoms with van der Waals surface area (Å²) in [6, 6.07) is 10.2. The summed E-state index contributed by atoms with van der Waals surface area (Å²) in [5, 5.41) is 8.85. The fraction of sp³-hybridized carbons (Fsp3) is 0.500. The van der Waals surface area contributed by atoms with Gasteiger partial charge in [0, 0.05) is 0 Å². The van der Waals surface area contributed by atoms with Crippen molar-refractivity contribution in [2.45, 2.75) is 45.4 Å². The van der Waals surface area contributed by atoms with Gasteiger partial charge in [-0.2, -0.15) is 5.26 Å². The molecule has 1 aromatic rings. The summed E-state index contributed by atoms with van der Waals surface area (Å²) in [7, 11) is 0. The van der Waals surface area contributed by atoms with E-state index >= 15 is 0 Å². The summed E-state index contributed by atoms with van der Waals surface area (Å²) in [6.45, 7) is 6.71. The molecule has 0 bridgehead atoms. The van der Waals surface area contributed by atoms with E-state index in [-0.39, 0.29) is 5.41 Å². The second-order valence-electron chi connectivity index (χ2n) is 4.68. The molecule has 0 heterocycles. The Hall–Kier alpha value is -1.29. The van der Waals surface area contributed by atoms with Crippen molar-refractivity contribution in [3.63, 3.8) is 0 Å². The molecule has 0 spiro atoms. The second kappa shape index (κ2) is 4.98. The number of nitrogens with zero attached hydrogens (tertiary/aromatic N) is 1. The van der Waals surface area contributed by atoms with Crippen molar-refractivity contribution < 1.29 is 0 Å². The highest BCUT2D eigenvalue weighted by Gasteiger charge is 2.19. The van der Waals surface area contributed by atoms with Gasteiger partial charge in [-0.15, -0.1) is 0 Å². The topological polar surface area (TPSA) is 23.8 Å². The van der Waals surface area contributed by atoms with E-state index in [4.69, 9.17) is 5.26 Å². The molecule has 80 valence electrons. The largest absolute Gasteiger partial charge is 0.192 e. The van der Waals surface area contributed by atoms with Crippen LogP contribution in [0.1, 0.15) is 51.2 Å². The Morgan fingerprint density at radius 1 is 1.33 bits per heavy atom. The number of benzene rings is 1. The van der Waals surface area contributed by atoms with Crippen LogP contribution in [0.5, 0.6) is 0 Å². The van der Waals surface area contributed by atoms with E-state index in [0.29, 0.717) is 0 Å². The molecule has 0 aliphatic rings. The first-order chi connectivity index (χ1) is 7.10. The van der Waals surface area contributed by atoms with Crippen molar-refractivity contribution in [2.24, 2.45) is 0 Å². The highest BCUT2D eigenvalue weighted by atomic mass is 14.3. The van der Waals surface area contributed by atoms with Crippen LogP contribution < -0.4 is 0 Å². The first kappa shape index (κ1) is 11.8. The molecule has 0 saturated carbocycles. The minimum atomic E-state index is 0.183. The molecule has 15 heavy (non-hydrogen) atoms. The fourth-order valence-corrected chi connectivity index (χ4v) is 1.77. The molecule has 0 unspecified atom stereocenters. The predicted molar refractivity (Wildman–Crippen MR) is 63.7 cm³/mol. The molecule has 1 rings (SSSR count). The van der Waals surface area contributed by atoms with Gasteiger partial charge >= 0.3 is 0 Å². The lowest BCUT2D eigenvalue weighted by Gasteiger charge is -2.25. The van der Waals surface area contributed by atoms with Gasteiger partial charge in [-0.05, 0) is 29.5 Å². The monoisotopic (exact) mass is 201 g/mol. The molecule has 0 aliphatic heterocycles. The van der Waals surface area contributed by atoms with Gasteiger partial charge in [-0.3, -0.25) is 0 Å². The zero-order chi connectivity index (χ0) is 11.3. The maximum Gasteiger partial charge on any atom is 0.0991 e. The Kier molecular flexibility index (Phi) is 3.91. The maximum atomic E-state index is 8.85. The van der Waals surface area contributed by atoms with Crippen molar-refractivity contribution in [2.75, 3.05) is 0 Å². The van der Waals surface area contributed by atoms with Crippen LogP contribution in [0.15, 0.2) is 24.3 Å². The summed E-state index contributed by atoms with van der Waals surface area (Å²) in [5.74, 6) is 0. The van der Waals surface area contributed by atoms with Crippen LogP contribution in [0.3, 0.4) is 0 Å². The van der Waals surface area contributed by atoms with Crippen LogP contribution in [-0.2, 0) is 5.41 Å². The lowest BCUT2D eigenvalue weighted by molar-refractivity contribution is 0.458. The van der Waals surface area contributed by atoms with Crippen LogP contribution >= 0.6 is 0 Å². The van der Waals surface area contributed by atoms with E-state index in [9.17, 15) is 0 Å². The lowest BCUT2D eigenvalue weighted by Crippen LogP contribution is -2.16. The molecular weight excluding hydrogens is 182 g/mol. The second-order valence-corrected chi connectivity index (χ2v) is 4.68. The molecule has 1 nitrogen and oxygen atoms in total. The number of hydrogen-bond acceptors (Lipinski definition) is 1. The molecule has 0 saturated heterocycles. The number of nitriles is 1. The summed E-state index contributed by atoms with van der Waals surface area (Å²) >= 11 is 0. The fourth-order valence-electron chi connectivity index (χ4n) is 1.77. The van der Waals surface area contributed by atoms with Gasteiger partial charge in [0.15, 0.2) is 0 Å². The molecule has 1 heteroatoms. The Bertz CT molecular complexity index is 358. The van der Waals surface area contributed by atoms with Crippen molar-refractivity contribution in [3.8, 4) is 6.07 Å². The lowest BCUT2D eigenvalue weighted by atomic mass is 9.80. The summed E-state index contributed by atoms with van der Waals surface area (Å²) in [6.07, 6.45) is 3.64. The summed E-state index contributed by atoms with van der Waals surface area (Å²) in [4.78, 5) is 0. The Labute approximate surface area is 92.7 Å². The molecular formula is C14H19N. The Balaban J connectivity index is 2.89. The van der Waals surface area contributed by atoms with Gasteiger partial charge < -0.3 is 0 Å². The first-order valence-corrected chi connectivity index (χ1v) is 5.61. The van der Waals surface area contributed by atoms with Crippen LogP contribution in [0.4, 0.5) is 0 Å². The van der Waals surface area contributed by atoms with Crippen molar-refractivity contribution in [3.05, 3.63) is 35.4 Å². The van der Waals surface area contributed by atoms with Crippen LogP contribution in [-0.4, -0.2) is 0 Å². The molecule has 0 aromatic heterocycles. The first-order valence-electron chi connectivity index (χ1n) is 5.61. The van der Waals surface area contributed by atoms with Gasteiger partial charge in [-0.25, -0.2) is 0 Å². The van der Waals surface area contributed by atoms with Crippen LogP contribution in [0.25, 0.3) is 0 Å². The van der Waals surface area contributed by atoms with Gasteiger partial charge in [0.05, 0.1) is 11.6 Å². The normalized spacial score (nSPS) is 11.1. The van der Waals surface area contributed by atoms with E-state index in [1.807, 2.05) is 18.2 Å². The predicted octanol–water partition coefficient (Wildman–Crippen LogP) is 4.03. The third kappa shape index (κ3) is 3.09. The zero-order valence-corrected chi connectivity index (χ0v) is 9.88. The third-order valence-electron chi connectivity index (χ3n) is 2.93. The molecule has 0 aliphatic carbocycles. The van der Waals surface area contributed by atoms with Gasteiger partial charge in [0.2, 0.25) is 0 Å². The smallest absolute Gasteiger partial charge is 0.0991 e. The highest BCUT2D eigenvalue weighted by molar-refractivity contribution is 5.35. The van der Waals surface area contributed by atoms with Crippen LogP contribution in [0, 0.1) is 11.3 Å². The van der Waals surface area contributed by atoms with Crippen LogP contribution in [0.2, 0.25) is 0 Å². The van der Waals surface area contributed by atoms with Gasteiger partial charge in [-0.1, -0.05) is 45.7 Å². The number of unbranched alkanes of at least 4 members (excludes halogenated alkanes) is 1. The van der Waals surface area contributed by atoms with Crippen molar-refractivity contribution >= 4 is 0 Å². The average molecular weight is 201 g/mol. The molecule has 0 atom stereocenters. The zero-order valence-electron chi connectivity index (χ0n) is 9.88. The standard InChI is InChI=1S/C14H19N/c1-4-5-9-14(2,3)13-8-6-7-12(10-13)11-15/h6-8,10H,4-5,9H2,1-3H3. The van der Waals surface area contributed by atoms with Crippen molar-refractivity contribution in [1.29, 1.82) is 5.26 Å². The molecule has 0 fully saturated rings. The molecule has 0 radical (unpaired) electrons. The van der Waals surface area contributed by atoms with Gasteiger partial charge in [0.1, 0.15) is 0 Å². The average Bonchev–Trinajstić information content (AvgIpc) is 2.26. The summed E-state index contributed by atoms with van der Waals surface area (Å²) in [5.41, 5.74) is 2.22. The van der Waals surface area contributed by atoms with E-state index in [1.54, 1.807) is 0 Å². The van der Waals surface area contributed by atoms with E-state index < -0.39 is 0 Å². The minimum absolute atomic E-state index is 0.183. The molecule has 0 N–H and O–H groups in total. The van der Waals surface area contributed by atoms with Crippen molar-refractivity contribution in [1.82, 2.24) is 0 Å². The minimum Gasteiger partial charge on any atom is -0.192 e. The number of hydrogen-bond donors (Lipinski definition) is 0. The quantitative estimate of drug-likeness (QED) is 0.721. The van der Waals surface area contributed by atoms with E-state index in [1.165, 1.54) is 24.8 Å². The van der Waals surface area contributed by atoms with Gasteiger partial charge in [0.25, 0.3) is 0 Å². The highest BCUT2D eigenvalue weighted by Crippen LogP contribution is 2.29. The van der Waals surface area contributed by atoms with E-state index in [0.717, 1.165) is 5.56 Å². The maximum absolute atomic E-state index is 8.85. The Morgan fingerprint density at radius 3 is 2.67 bits per heavy atom. The third-order valence-corrected chi connectivity index (χ3v) is 2.93. The summed E-state index contributed by atoms with van der Waals surface area (Å²) < 4.78 is 0.